The van der Waals surface area contributed by atoms with Gasteiger partial charge in [0.25, 0.3) is 0 Å². The number of aliphatic hydroxyl groups excluding tert-OH is 1. The minimum absolute atomic E-state index is 0.00539. The predicted octanol–water partition coefficient (Wildman–Crippen LogP) is 1.05. The van der Waals surface area contributed by atoms with E-state index in [1.54, 1.807) is 0 Å². The van der Waals surface area contributed by atoms with Crippen LogP contribution in [0.5, 0.6) is 0 Å². The van der Waals surface area contributed by atoms with E-state index in [1.165, 1.54) is 0 Å². The van der Waals surface area contributed by atoms with Crippen molar-refractivity contribution in [2.75, 3.05) is 18.1 Å². The zero-order valence-corrected chi connectivity index (χ0v) is 11.3. The van der Waals surface area contributed by atoms with Gasteiger partial charge >= 0.3 is 0 Å². The van der Waals surface area contributed by atoms with Gasteiger partial charge in [-0.1, -0.05) is 0 Å². The van der Waals surface area contributed by atoms with E-state index in [0.717, 1.165) is 17.9 Å². The summed E-state index contributed by atoms with van der Waals surface area (Å²) in [4.78, 5) is 11.9. The Kier molecular flexibility index (Phi) is 5.08. The minimum Gasteiger partial charge on any atom is -0.395 e. The third-order valence-electron chi connectivity index (χ3n) is 2.80. The average Bonchev–Trinajstić information content (AvgIpc) is 2.54. The summed E-state index contributed by atoms with van der Waals surface area (Å²) >= 11 is 0. The zero-order chi connectivity index (χ0) is 13.0. The Morgan fingerprint density at radius 2 is 2.12 bits per heavy atom. The van der Waals surface area contributed by atoms with E-state index in [9.17, 15) is 9.00 Å². The van der Waals surface area contributed by atoms with Crippen LogP contribution >= 0.6 is 0 Å². The van der Waals surface area contributed by atoms with Crippen molar-refractivity contribution in [1.82, 2.24) is 4.57 Å². The van der Waals surface area contributed by atoms with Gasteiger partial charge in [0, 0.05) is 40.0 Å². The molecule has 0 spiro atoms. The van der Waals surface area contributed by atoms with Gasteiger partial charge < -0.3 is 9.67 Å². The van der Waals surface area contributed by atoms with Crippen molar-refractivity contribution in [3.8, 4) is 0 Å². The van der Waals surface area contributed by atoms with Crippen LogP contribution in [0.4, 0.5) is 0 Å². The summed E-state index contributed by atoms with van der Waals surface area (Å²) in [7, 11) is -1.27. The summed E-state index contributed by atoms with van der Waals surface area (Å²) in [6.45, 7) is 6.56. The molecule has 0 saturated heterocycles. The summed E-state index contributed by atoms with van der Waals surface area (Å²) in [6, 6.07) is 1.84. The van der Waals surface area contributed by atoms with Crippen LogP contribution in [0.25, 0.3) is 0 Å². The number of hydrogen-bond acceptors (Lipinski definition) is 3. The molecule has 5 heteroatoms. The second-order valence-electron chi connectivity index (χ2n) is 3.96. The predicted molar refractivity (Wildman–Crippen MR) is 68.9 cm³/mol. The molecule has 1 heterocycles. The highest BCUT2D eigenvalue weighted by Crippen LogP contribution is 2.15. The van der Waals surface area contributed by atoms with E-state index in [-0.39, 0.29) is 23.9 Å². The first kappa shape index (κ1) is 14.1. The molecule has 0 bridgehead atoms. The van der Waals surface area contributed by atoms with Gasteiger partial charge in [-0.2, -0.15) is 0 Å². The molecule has 0 fully saturated rings. The number of rotatable bonds is 6. The van der Waals surface area contributed by atoms with Gasteiger partial charge in [-0.15, -0.1) is 0 Å². The minimum atomic E-state index is -1.27. The van der Waals surface area contributed by atoms with Crippen LogP contribution in [0.3, 0.4) is 0 Å². The number of ketones is 1. The lowest BCUT2D eigenvalue weighted by molar-refractivity contribution is 0.102. The molecule has 1 N–H and O–H groups in total. The summed E-state index contributed by atoms with van der Waals surface area (Å²) < 4.78 is 13.5. The van der Waals surface area contributed by atoms with Crippen LogP contribution in [-0.4, -0.2) is 37.8 Å². The van der Waals surface area contributed by atoms with Crippen LogP contribution in [0, 0.1) is 13.8 Å². The molecule has 1 atom stereocenters. The lowest BCUT2D eigenvalue weighted by Gasteiger charge is -2.05. The normalized spacial score (nSPS) is 12.7. The largest absolute Gasteiger partial charge is 0.395 e. The maximum atomic E-state index is 11.9. The number of Topliss-reactive ketones (excluding diaryl/α,β-unsaturated/α-hetero) is 1. The molecule has 17 heavy (non-hydrogen) atoms. The first-order valence-corrected chi connectivity index (χ1v) is 7.15. The van der Waals surface area contributed by atoms with Crippen LogP contribution < -0.4 is 0 Å². The van der Waals surface area contributed by atoms with Gasteiger partial charge in [0.15, 0.2) is 5.78 Å². The number of nitrogens with zero attached hydrogens (tertiary/aromatic N) is 1. The topological polar surface area (TPSA) is 59.3 Å². The summed E-state index contributed by atoms with van der Waals surface area (Å²) in [5.41, 5.74) is 2.62. The van der Waals surface area contributed by atoms with Crippen molar-refractivity contribution < 1.29 is 14.1 Å². The maximum Gasteiger partial charge on any atom is 0.177 e. The third-order valence-corrected chi connectivity index (χ3v) is 4.02. The molecule has 4 nitrogen and oxygen atoms in total. The molecular formula is C12H19NO3S. The highest BCUT2D eigenvalue weighted by molar-refractivity contribution is 7.85. The van der Waals surface area contributed by atoms with Crippen molar-refractivity contribution >= 4 is 16.6 Å². The SMILES string of the molecule is CCn1c(C)cc(C(=O)CS(=O)CCO)c1C. The standard InChI is InChI=1S/C12H19NO3S/c1-4-13-9(2)7-11(10(13)3)12(15)8-17(16)6-5-14/h7,14H,4-6,8H2,1-3H3. The van der Waals surface area contributed by atoms with Gasteiger partial charge in [0.05, 0.1) is 12.4 Å². The number of carbonyl (C=O) groups is 1. The fraction of sp³-hybridized carbons (Fsp3) is 0.583. The fourth-order valence-corrected chi connectivity index (χ4v) is 2.76. The number of aromatic nitrogens is 1. The Morgan fingerprint density at radius 1 is 1.47 bits per heavy atom. The lowest BCUT2D eigenvalue weighted by Crippen LogP contribution is -2.15. The van der Waals surface area contributed by atoms with Crippen molar-refractivity contribution in [3.05, 3.63) is 23.0 Å². The van der Waals surface area contributed by atoms with E-state index < -0.39 is 10.8 Å². The number of aliphatic hydroxyl groups is 1. The third kappa shape index (κ3) is 3.26. The first-order valence-electron chi connectivity index (χ1n) is 5.67. The maximum absolute atomic E-state index is 11.9. The Bertz CT molecular complexity index is 437. The number of hydrogen-bond donors (Lipinski definition) is 1. The van der Waals surface area contributed by atoms with E-state index >= 15 is 0 Å². The summed E-state index contributed by atoms with van der Waals surface area (Å²) in [6.07, 6.45) is 0. The molecule has 0 aromatic carbocycles. The molecule has 0 radical (unpaired) electrons. The van der Waals surface area contributed by atoms with Crippen LogP contribution in [0.1, 0.15) is 28.7 Å². The molecule has 0 aliphatic heterocycles. The Morgan fingerprint density at radius 3 is 2.59 bits per heavy atom. The smallest absolute Gasteiger partial charge is 0.177 e. The Hall–Kier alpha value is -0.940. The van der Waals surface area contributed by atoms with Gasteiger partial charge in [0.2, 0.25) is 0 Å². The van der Waals surface area contributed by atoms with E-state index in [1.807, 2.05) is 26.8 Å². The molecule has 96 valence electrons. The zero-order valence-electron chi connectivity index (χ0n) is 10.5. The van der Waals surface area contributed by atoms with Gasteiger partial charge in [-0.05, 0) is 26.8 Å². The van der Waals surface area contributed by atoms with Gasteiger partial charge in [-0.3, -0.25) is 9.00 Å². The first-order chi connectivity index (χ1) is 8.01. The highest BCUT2D eigenvalue weighted by Gasteiger charge is 2.16. The van der Waals surface area contributed by atoms with Crippen LogP contribution in [-0.2, 0) is 17.3 Å². The molecule has 1 aromatic rings. The molecular weight excluding hydrogens is 238 g/mol. The van der Waals surface area contributed by atoms with E-state index in [4.69, 9.17) is 5.11 Å². The fourth-order valence-electron chi connectivity index (χ4n) is 1.97. The molecule has 1 unspecified atom stereocenters. The van der Waals surface area contributed by atoms with Crippen molar-refractivity contribution in [2.24, 2.45) is 0 Å². The summed E-state index contributed by atoms with van der Waals surface area (Å²) in [5, 5.41) is 8.65. The van der Waals surface area contributed by atoms with Gasteiger partial charge in [0.1, 0.15) is 0 Å². The molecule has 1 aromatic heterocycles. The van der Waals surface area contributed by atoms with Crippen molar-refractivity contribution in [2.45, 2.75) is 27.3 Å². The second-order valence-corrected chi connectivity index (χ2v) is 5.54. The van der Waals surface area contributed by atoms with Crippen molar-refractivity contribution in [1.29, 1.82) is 0 Å². The molecule has 0 saturated carbocycles. The van der Waals surface area contributed by atoms with E-state index in [2.05, 4.69) is 4.57 Å². The Balaban J connectivity index is 2.86. The highest BCUT2D eigenvalue weighted by atomic mass is 32.2. The molecule has 1 rings (SSSR count). The summed E-state index contributed by atoms with van der Waals surface area (Å²) in [5.74, 6) is 0.0527. The second kappa shape index (κ2) is 6.12. The van der Waals surface area contributed by atoms with E-state index in [0.29, 0.717) is 5.56 Å². The number of aryl methyl sites for hydroxylation is 1. The average molecular weight is 257 g/mol. The van der Waals surface area contributed by atoms with Crippen LogP contribution in [0.15, 0.2) is 6.07 Å². The molecule has 0 aliphatic carbocycles. The quantitative estimate of drug-likeness (QED) is 0.775. The van der Waals surface area contributed by atoms with Crippen LogP contribution in [0.2, 0.25) is 0 Å². The monoisotopic (exact) mass is 257 g/mol. The van der Waals surface area contributed by atoms with Crippen molar-refractivity contribution in [3.63, 3.8) is 0 Å². The molecule has 0 aliphatic rings. The molecule has 0 amide bonds. The van der Waals surface area contributed by atoms with Gasteiger partial charge in [-0.25, -0.2) is 0 Å². The lowest BCUT2D eigenvalue weighted by atomic mass is 10.2. The Labute approximate surface area is 104 Å². The number of carbonyl (C=O) groups excluding carboxylic acids is 1.